The average molecular weight is 170 g/mol. The van der Waals surface area contributed by atoms with Gasteiger partial charge >= 0.3 is 0 Å². The average Bonchev–Trinajstić information content (AvgIpc) is 2.58. The molecule has 3 nitrogen and oxygen atoms in total. The van der Waals surface area contributed by atoms with Crippen molar-refractivity contribution in [2.45, 2.75) is 6.04 Å². The Morgan fingerprint density at radius 2 is 2.73 bits per heavy atom. The van der Waals surface area contributed by atoms with Crippen LogP contribution in [0.4, 0.5) is 0 Å². The maximum Gasteiger partial charge on any atom is 0.0794 e. The molecular weight excluding hydrogens is 160 g/mol. The first-order valence-corrected chi connectivity index (χ1v) is 4.54. The number of rotatable bonds is 1. The van der Waals surface area contributed by atoms with E-state index in [0.29, 0.717) is 6.04 Å². The standard InChI is InChI=1S/C7H10N2OS/c1-2-10-4-6(9-1)7-3-8-5-11-7/h3,5-6,9H,1-2,4H2. The molecule has 0 radical (unpaired) electrons. The molecule has 0 saturated carbocycles. The number of thiazole rings is 1. The van der Waals surface area contributed by atoms with Gasteiger partial charge in [0, 0.05) is 17.6 Å². The molecule has 2 heterocycles. The monoisotopic (exact) mass is 170 g/mol. The fourth-order valence-electron chi connectivity index (χ4n) is 1.15. The van der Waals surface area contributed by atoms with Crippen LogP contribution in [0.1, 0.15) is 10.9 Å². The zero-order chi connectivity index (χ0) is 7.52. The highest BCUT2D eigenvalue weighted by atomic mass is 32.1. The molecule has 1 aliphatic heterocycles. The molecule has 0 aromatic carbocycles. The number of aromatic nitrogens is 1. The zero-order valence-electron chi connectivity index (χ0n) is 6.12. The minimum atomic E-state index is 0.372. The molecule has 0 bridgehead atoms. The van der Waals surface area contributed by atoms with E-state index in [1.54, 1.807) is 11.3 Å². The van der Waals surface area contributed by atoms with Crippen LogP contribution in [0.5, 0.6) is 0 Å². The van der Waals surface area contributed by atoms with Crippen LogP contribution < -0.4 is 5.32 Å². The van der Waals surface area contributed by atoms with E-state index in [9.17, 15) is 0 Å². The summed E-state index contributed by atoms with van der Waals surface area (Å²) < 4.78 is 5.32. The summed E-state index contributed by atoms with van der Waals surface area (Å²) in [5.41, 5.74) is 1.85. The molecule has 1 fully saturated rings. The SMILES string of the molecule is c1ncc(C2COCCN2)s1. The first kappa shape index (κ1) is 7.21. The van der Waals surface area contributed by atoms with Crippen molar-refractivity contribution in [1.82, 2.24) is 10.3 Å². The number of nitrogens with one attached hydrogen (secondary N) is 1. The van der Waals surface area contributed by atoms with Gasteiger partial charge in [-0.1, -0.05) is 0 Å². The maximum absolute atomic E-state index is 5.32. The molecule has 1 aliphatic rings. The van der Waals surface area contributed by atoms with E-state index in [4.69, 9.17) is 4.74 Å². The van der Waals surface area contributed by atoms with Gasteiger partial charge in [-0.2, -0.15) is 0 Å². The van der Waals surface area contributed by atoms with Crippen molar-refractivity contribution >= 4 is 11.3 Å². The van der Waals surface area contributed by atoms with Crippen molar-refractivity contribution in [1.29, 1.82) is 0 Å². The quantitative estimate of drug-likeness (QED) is 0.677. The molecule has 2 rings (SSSR count). The van der Waals surface area contributed by atoms with E-state index in [0.717, 1.165) is 19.8 Å². The van der Waals surface area contributed by atoms with E-state index >= 15 is 0 Å². The van der Waals surface area contributed by atoms with Gasteiger partial charge in [-0.25, -0.2) is 0 Å². The molecule has 1 N–H and O–H groups in total. The lowest BCUT2D eigenvalue weighted by atomic mass is 10.2. The van der Waals surface area contributed by atoms with Crippen LogP contribution in [0.15, 0.2) is 11.7 Å². The van der Waals surface area contributed by atoms with E-state index in [2.05, 4.69) is 10.3 Å². The Hall–Kier alpha value is -0.450. The smallest absolute Gasteiger partial charge is 0.0794 e. The lowest BCUT2D eigenvalue weighted by Crippen LogP contribution is -2.33. The molecule has 1 aromatic rings. The third kappa shape index (κ3) is 1.58. The second-order valence-electron chi connectivity index (χ2n) is 2.49. The van der Waals surface area contributed by atoms with Gasteiger partial charge in [0.1, 0.15) is 0 Å². The summed E-state index contributed by atoms with van der Waals surface area (Å²) in [6.45, 7) is 2.56. The van der Waals surface area contributed by atoms with Gasteiger partial charge < -0.3 is 10.1 Å². The van der Waals surface area contributed by atoms with Gasteiger partial charge in [-0.05, 0) is 0 Å². The second kappa shape index (κ2) is 3.30. The fourth-order valence-corrected chi connectivity index (χ4v) is 1.83. The summed E-state index contributed by atoms with van der Waals surface area (Å²) in [5, 5.41) is 3.37. The molecule has 4 heteroatoms. The number of nitrogens with zero attached hydrogens (tertiary/aromatic N) is 1. The van der Waals surface area contributed by atoms with Crippen LogP contribution >= 0.6 is 11.3 Å². The molecule has 0 amide bonds. The minimum absolute atomic E-state index is 0.372. The predicted molar refractivity (Wildman–Crippen MR) is 43.7 cm³/mol. The van der Waals surface area contributed by atoms with E-state index in [-0.39, 0.29) is 0 Å². The van der Waals surface area contributed by atoms with Gasteiger partial charge in [-0.15, -0.1) is 11.3 Å². The van der Waals surface area contributed by atoms with Crippen LogP contribution in [0, 0.1) is 0 Å². The second-order valence-corrected chi connectivity index (χ2v) is 3.40. The van der Waals surface area contributed by atoms with Crippen LogP contribution in [0.3, 0.4) is 0 Å². The van der Waals surface area contributed by atoms with Crippen LogP contribution in [0.25, 0.3) is 0 Å². The van der Waals surface area contributed by atoms with E-state index < -0.39 is 0 Å². The van der Waals surface area contributed by atoms with Crippen LogP contribution in [0.2, 0.25) is 0 Å². The normalized spacial score (nSPS) is 25.3. The Morgan fingerprint density at radius 3 is 3.36 bits per heavy atom. The highest BCUT2D eigenvalue weighted by molar-refractivity contribution is 7.09. The van der Waals surface area contributed by atoms with Crippen LogP contribution in [-0.4, -0.2) is 24.7 Å². The lowest BCUT2D eigenvalue weighted by molar-refractivity contribution is 0.0778. The van der Waals surface area contributed by atoms with Crippen LogP contribution in [-0.2, 0) is 4.74 Å². The first-order valence-electron chi connectivity index (χ1n) is 3.66. The Bertz CT molecular complexity index is 206. The number of hydrogen-bond donors (Lipinski definition) is 1. The van der Waals surface area contributed by atoms with Gasteiger partial charge in [0.15, 0.2) is 0 Å². The molecule has 1 unspecified atom stereocenters. The summed E-state index contributed by atoms with van der Waals surface area (Å²) in [7, 11) is 0. The zero-order valence-corrected chi connectivity index (χ0v) is 6.93. The largest absolute Gasteiger partial charge is 0.378 e. The summed E-state index contributed by atoms with van der Waals surface area (Å²) in [6.07, 6.45) is 1.90. The molecule has 0 spiro atoms. The fraction of sp³-hybridized carbons (Fsp3) is 0.571. The summed E-state index contributed by atoms with van der Waals surface area (Å²) in [6, 6.07) is 0.372. The Morgan fingerprint density at radius 1 is 1.73 bits per heavy atom. The Kier molecular flexibility index (Phi) is 2.16. The molecule has 1 atom stereocenters. The molecule has 0 aliphatic carbocycles. The van der Waals surface area contributed by atoms with E-state index in [1.807, 2.05) is 11.7 Å². The maximum atomic E-state index is 5.32. The highest BCUT2D eigenvalue weighted by Gasteiger charge is 2.15. The molecule has 1 aromatic heterocycles. The lowest BCUT2D eigenvalue weighted by Gasteiger charge is -2.22. The summed E-state index contributed by atoms with van der Waals surface area (Å²) in [4.78, 5) is 5.29. The highest BCUT2D eigenvalue weighted by Crippen LogP contribution is 2.18. The Balaban J connectivity index is 2.04. The summed E-state index contributed by atoms with van der Waals surface area (Å²) >= 11 is 1.68. The van der Waals surface area contributed by atoms with Gasteiger partial charge in [0.25, 0.3) is 0 Å². The summed E-state index contributed by atoms with van der Waals surface area (Å²) in [5.74, 6) is 0. The third-order valence-corrected chi connectivity index (χ3v) is 2.61. The molecular formula is C7H10N2OS. The van der Waals surface area contributed by atoms with Gasteiger partial charge in [0.05, 0.1) is 24.8 Å². The van der Waals surface area contributed by atoms with Crippen molar-refractivity contribution < 1.29 is 4.74 Å². The van der Waals surface area contributed by atoms with Gasteiger partial charge in [0.2, 0.25) is 0 Å². The van der Waals surface area contributed by atoms with Crippen molar-refractivity contribution in [3.8, 4) is 0 Å². The predicted octanol–water partition coefficient (Wildman–Crippen LogP) is 0.804. The number of morpholine rings is 1. The van der Waals surface area contributed by atoms with Crippen molar-refractivity contribution in [2.24, 2.45) is 0 Å². The van der Waals surface area contributed by atoms with Crippen molar-refractivity contribution in [3.63, 3.8) is 0 Å². The van der Waals surface area contributed by atoms with Crippen molar-refractivity contribution in [2.75, 3.05) is 19.8 Å². The number of ether oxygens (including phenoxy) is 1. The van der Waals surface area contributed by atoms with Gasteiger partial charge in [-0.3, -0.25) is 4.98 Å². The Labute approximate surface area is 69.4 Å². The topological polar surface area (TPSA) is 34.1 Å². The first-order chi connectivity index (χ1) is 5.47. The van der Waals surface area contributed by atoms with E-state index in [1.165, 1.54) is 4.88 Å². The van der Waals surface area contributed by atoms with Crippen molar-refractivity contribution in [3.05, 3.63) is 16.6 Å². The molecule has 11 heavy (non-hydrogen) atoms. The third-order valence-electron chi connectivity index (χ3n) is 1.72. The number of hydrogen-bond acceptors (Lipinski definition) is 4. The molecule has 1 saturated heterocycles. The molecule has 60 valence electrons. The minimum Gasteiger partial charge on any atom is -0.378 e.